The van der Waals surface area contributed by atoms with Crippen LogP contribution in [0.15, 0.2) is 18.2 Å². The number of carbonyl (C=O) groups is 2. The van der Waals surface area contributed by atoms with E-state index in [0.717, 1.165) is 0 Å². The summed E-state index contributed by atoms with van der Waals surface area (Å²) in [5.41, 5.74) is 0. The molecule has 2 atom stereocenters. The Morgan fingerprint density at radius 3 is 2.65 bits per heavy atom. The van der Waals surface area contributed by atoms with Gasteiger partial charge in [-0.3, -0.25) is 4.79 Å². The topological polar surface area (TPSA) is 65.1 Å². The quantitative estimate of drug-likeness (QED) is 0.751. The van der Waals surface area contributed by atoms with Gasteiger partial charge in [0.25, 0.3) is 5.91 Å². The molecule has 1 aliphatic heterocycles. The lowest BCUT2D eigenvalue weighted by Gasteiger charge is -2.22. The Morgan fingerprint density at radius 2 is 2.04 bits per heavy atom. The molecule has 1 heterocycles. The second-order valence-electron chi connectivity index (χ2n) is 5.04. The van der Waals surface area contributed by atoms with E-state index in [-0.39, 0.29) is 18.6 Å². The number of rotatable bonds is 5. The van der Waals surface area contributed by atoms with E-state index in [0.29, 0.717) is 28.8 Å². The fraction of sp³-hybridized carbons (Fsp3) is 0.467. The molecule has 8 heteroatoms. The molecule has 0 aromatic heterocycles. The summed E-state index contributed by atoms with van der Waals surface area (Å²) in [6.45, 7) is 0.0676. The zero-order valence-electron chi connectivity index (χ0n) is 12.8. The molecule has 0 N–H and O–H groups in total. The van der Waals surface area contributed by atoms with Gasteiger partial charge in [-0.2, -0.15) is 0 Å². The van der Waals surface area contributed by atoms with Crippen molar-refractivity contribution in [3.63, 3.8) is 0 Å². The fourth-order valence-corrected chi connectivity index (χ4v) is 2.88. The number of benzene rings is 1. The van der Waals surface area contributed by atoms with Gasteiger partial charge in [-0.15, -0.1) is 0 Å². The standard InChI is InChI=1S/C15H17Cl2NO5/c1-21-10-6-12(15(20)22-2)18(7-10)14(19)8-23-13-4-3-9(16)5-11(13)17/h3-5,10,12H,6-8H2,1-2H3/t10-,12+/m1/s1. The number of likely N-dealkylation sites (tertiary alicyclic amines) is 1. The van der Waals surface area contributed by atoms with Gasteiger partial charge in [0.2, 0.25) is 0 Å². The second-order valence-corrected chi connectivity index (χ2v) is 5.89. The summed E-state index contributed by atoms with van der Waals surface area (Å²) in [6, 6.07) is 4.05. The van der Waals surface area contributed by atoms with Gasteiger partial charge in [-0.25, -0.2) is 4.79 Å². The SMILES string of the molecule is COC(=O)[C@@H]1C[C@@H](OC)CN1C(=O)COc1ccc(Cl)cc1Cl. The van der Waals surface area contributed by atoms with Crippen LogP contribution in [-0.4, -0.2) is 56.3 Å². The molecule has 0 spiro atoms. The molecule has 0 aliphatic carbocycles. The average molecular weight is 362 g/mol. The van der Waals surface area contributed by atoms with Crippen LogP contribution in [0.5, 0.6) is 5.75 Å². The minimum absolute atomic E-state index is 0.206. The zero-order chi connectivity index (χ0) is 17.0. The number of carbonyl (C=O) groups excluding carboxylic acids is 2. The van der Waals surface area contributed by atoms with E-state index in [1.807, 2.05) is 0 Å². The van der Waals surface area contributed by atoms with Gasteiger partial charge in [-0.05, 0) is 18.2 Å². The highest BCUT2D eigenvalue weighted by Gasteiger charge is 2.40. The molecule has 0 radical (unpaired) electrons. The van der Waals surface area contributed by atoms with Crippen molar-refractivity contribution in [3.05, 3.63) is 28.2 Å². The van der Waals surface area contributed by atoms with Crippen molar-refractivity contribution in [1.82, 2.24) is 4.90 Å². The summed E-state index contributed by atoms with van der Waals surface area (Å²) < 4.78 is 15.4. The number of nitrogens with zero attached hydrogens (tertiary/aromatic N) is 1. The highest BCUT2D eigenvalue weighted by Crippen LogP contribution is 2.28. The van der Waals surface area contributed by atoms with E-state index in [9.17, 15) is 9.59 Å². The van der Waals surface area contributed by atoms with Crippen LogP contribution in [-0.2, 0) is 19.1 Å². The maximum atomic E-state index is 12.4. The first-order valence-corrected chi connectivity index (χ1v) is 7.69. The first-order valence-electron chi connectivity index (χ1n) is 6.94. The fourth-order valence-electron chi connectivity index (χ4n) is 2.42. The van der Waals surface area contributed by atoms with E-state index in [1.54, 1.807) is 12.1 Å². The number of halogens is 2. The van der Waals surface area contributed by atoms with Gasteiger partial charge in [0.15, 0.2) is 6.61 Å². The predicted octanol–water partition coefficient (Wildman–Crippen LogP) is 2.16. The summed E-state index contributed by atoms with van der Waals surface area (Å²) >= 11 is 11.8. The van der Waals surface area contributed by atoms with Crippen LogP contribution in [0, 0.1) is 0 Å². The van der Waals surface area contributed by atoms with E-state index in [4.69, 9.17) is 37.4 Å². The minimum Gasteiger partial charge on any atom is -0.482 e. The molecule has 1 amide bonds. The molecule has 1 aromatic rings. The van der Waals surface area contributed by atoms with E-state index >= 15 is 0 Å². The van der Waals surface area contributed by atoms with Crippen molar-refractivity contribution < 1.29 is 23.8 Å². The Balaban J connectivity index is 2.02. The Bertz CT molecular complexity index is 595. The normalized spacial score (nSPS) is 20.4. The van der Waals surface area contributed by atoms with Crippen LogP contribution in [0.3, 0.4) is 0 Å². The molecule has 0 unspecified atom stereocenters. The van der Waals surface area contributed by atoms with E-state index in [2.05, 4.69) is 0 Å². The van der Waals surface area contributed by atoms with Crippen molar-refractivity contribution in [1.29, 1.82) is 0 Å². The number of methoxy groups -OCH3 is 2. The van der Waals surface area contributed by atoms with Crippen LogP contribution in [0.2, 0.25) is 10.0 Å². The second kappa shape index (κ2) is 7.86. The van der Waals surface area contributed by atoms with Crippen molar-refractivity contribution in [2.24, 2.45) is 0 Å². The molecule has 1 fully saturated rings. The van der Waals surface area contributed by atoms with Crippen molar-refractivity contribution in [2.45, 2.75) is 18.6 Å². The van der Waals surface area contributed by atoms with E-state index < -0.39 is 12.0 Å². The van der Waals surface area contributed by atoms with Crippen LogP contribution in [0.25, 0.3) is 0 Å². The molecule has 0 bridgehead atoms. The van der Waals surface area contributed by atoms with Gasteiger partial charge in [-0.1, -0.05) is 23.2 Å². The van der Waals surface area contributed by atoms with Gasteiger partial charge in [0.05, 0.1) is 18.2 Å². The highest BCUT2D eigenvalue weighted by atomic mass is 35.5. The van der Waals surface area contributed by atoms with Gasteiger partial charge in [0.1, 0.15) is 11.8 Å². The lowest BCUT2D eigenvalue weighted by molar-refractivity contribution is -0.151. The third-order valence-electron chi connectivity index (χ3n) is 3.63. The lowest BCUT2D eigenvalue weighted by atomic mass is 10.2. The van der Waals surface area contributed by atoms with Crippen LogP contribution in [0.1, 0.15) is 6.42 Å². The van der Waals surface area contributed by atoms with Crippen molar-refractivity contribution >= 4 is 35.1 Å². The monoisotopic (exact) mass is 361 g/mol. The van der Waals surface area contributed by atoms with Crippen LogP contribution >= 0.6 is 23.2 Å². The summed E-state index contributed by atoms with van der Waals surface area (Å²) in [7, 11) is 2.83. The molecule has 1 aliphatic rings. The molecule has 1 saturated heterocycles. The summed E-state index contributed by atoms with van der Waals surface area (Å²) in [4.78, 5) is 25.6. The van der Waals surface area contributed by atoms with Crippen molar-refractivity contribution in [3.8, 4) is 5.75 Å². The number of hydrogen-bond donors (Lipinski definition) is 0. The molecule has 6 nitrogen and oxygen atoms in total. The molecular weight excluding hydrogens is 345 g/mol. The molecular formula is C15H17Cl2NO5. The van der Waals surface area contributed by atoms with Crippen molar-refractivity contribution in [2.75, 3.05) is 27.4 Å². The summed E-state index contributed by atoms with van der Waals surface area (Å²) in [6.07, 6.45) is 0.193. The molecule has 1 aromatic carbocycles. The third-order valence-corrected chi connectivity index (χ3v) is 4.17. The first-order chi connectivity index (χ1) is 11.0. The minimum atomic E-state index is -0.665. The molecule has 0 saturated carbocycles. The smallest absolute Gasteiger partial charge is 0.328 e. The van der Waals surface area contributed by atoms with Gasteiger partial charge < -0.3 is 19.1 Å². The number of amides is 1. The number of esters is 1. The average Bonchev–Trinajstić information content (AvgIpc) is 2.97. The number of hydrogen-bond acceptors (Lipinski definition) is 5. The Kier molecular flexibility index (Phi) is 6.10. The molecule has 2 rings (SSSR count). The maximum absolute atomic E-state index is 12.4. The third kappa shape index (κ3) is 4.28. The largest absolute Gasteiger partial charge is 0.482 e. The Hall–Kier alpha value is -1.50. The van der Waals surface area contributed by atoms with Crippen LogP contribution < -0.4 is 4.74 Å². The maximum Gasteiger partial charge on any atom is 0.328 e. The summed E-state index contributed by atoms with van der Waals surface area (Å²) in [5.74, 6) is -0.463. The molecule has 126 valence electrons. The van der Waals surface area contributed by atoms with Gasteiger partial charge in [0, 0.05) is 25.1 Å². The lowest BCUT2D eigenvalue weighted by Crippen LogP contribution is -2.43. The Morgan fingerprint density at radius 1 is 1.30 bits per heavy atom. The zero-order valence-corrected chi connectivity index (χ0v) is 14.3. The Labute approximate surface area is 144 Å². The highest BCUT2D eigenvalue weighted by molar-refractivity contribution is 6.35. The first kappa shape index (κ1) is 17.8. The van der Waals surface area contributed by atoms with Crippen LogP contribution in [0.4, 0.5) is 0 Å². The number of ether oxygens (including phenoxy) is 3. The van der Waals surface area contributed by atoms with E-state index in [1.165, 1.54) is 25.2 Å². The predicted molar refractivity (Wildman–Crippen MR) is 84.9 cm³/mol. The van der Waals surface area contributed by atoms with Gasteiger partial charge >= 0.3 is 5.97 Å². The summed E-state index contributed by atoms with van der Waals surface area (Å²) in [5, 5.41) is 0.785. The molecule has 23 heavy (non-hydrogen) atoms.